The molecule has 0 N–H and O–H groups in total. The summed E-state index contributed by atoms with van der Waals surface area (Å²) in [4.78, 5) is 5.43. The van der Waals surface area contributed by atoms with Crippen molar-refractivity contribution in [2.45, 2.75) is 143 Å². The van der Waals surface area contributed by atoms with Crippen molar-refractivity contribution in [3.8, 4) is 22.4 Å². The van der Waals surface area contributed by atoms with Gasteiger partial charge < -0.3 is 13.8 Å². The first-order valence-corrected chi connectivity index (χ1v) is 22.9. The lowest BCUT2D eigenvalue weighted by molar-refractivity contribution is -0.193. The highest BCUT2D eigenvalue weighted by Crippen LogP contribution is 2.45. The van der Waals surface area contributed by atoms with Gasteiger partial charge >= 0.3 is 13.4 Å². The third kappa shape index (κ3) is 10.9. The van der Waals surface area contributed by atoms with E-state index in [0.717, 1.165) is 55.8 Å². The molecule has 0 aliphatic carbocycles. The molecule has 3 heterocycles. The van der Waals surface area contributed by atoms with Crippen molar-refractivity contribution < 1.29 is 31.3 Å². The van der Waals surface area contributed by atoms with E-state index in [0.29, 0.717) is 17.1 Å². The highest BCUT2D eigenvalue weighted by molar-refractivity contribution is 6.45. The second-order valence-electron chi connectivity index (χ2n) is 22.3. The normalized spacial score (nSPS) is 17.4. The van der Waals surface area contributed by atoms with Gasteiger partial charge in [0.25, 0.3) is 5.92 Å². The molecule has 0 spiro atoms. The molecule has 66 heavy (non-hydrogen) atoms. The predicted molar refractivity (Wildman–Crippen MR) is 262 cm³/mol. The molecule has 1 unspecified atom stereocenters. The Bertz CT molecular complexity index is 2640. The van der Waals surface area contributed by atoms with Crippen molar-refractivity contribution in [1.29, 1.82) is 0 Å². The number of nitrogens with zero attached hydrogens (tertiary/aromatic N) is 2. The lowest BCUT2D eigenvalue weighted by atomic mass is 9.85. The Labute approximate surface area is 389 Å². The number of allylic oxidation sites excluding steroid dienone is 3. The molecule has 1 saturated heterocycles. The summed E-state index contributed by atoms with van der Waals surface area (Å²) in [5.74, 6) is -4.05. The quantitative estimate of drug-likeness (QED) is 0.109. The molecule has 4 aromatic carbocycles. The molecular formula is C56H64BF5N2O2. The second-order valence-corrected chi connectivity index (χ2v) is 22.3. The van der Waals surface area contributed by atoms with Gasteiger partial charge in [-0.25, -0.2) is 13.8 Å². The minimum atomic E-state index is -5.04. The Morgan fingerprint density at radius 2 is 1.03 bits per heavy atom. The molecule has 5 aromatic rings. The zero-order chi connectivity index (χ0) is 48.4. The summed E-state index contributed by atoms with van der Waals surface area (Å²) in [6.45, 7) is 27.7. The monoisotopic (exact) mass is 902 g/mol. The smallest absolute Gasteiger partial charge is 0.389 e. The Morgan fingerprint density at radius 1 is 0.606 bits per heavy atom. The molecule has 0 saturated carbocycles. The third-order valence-electron chi connectivity index (χ3n) is 12.7. The van der Waals surface area contributed by atoms with Gasteiger partial charge in [-0.05, 0) is 85.2 Å². The maximum atomic E-state index is 15.0. The number of rotatable bonds is 9. The second kappa shape index (κ2) is 17.5. The van der Waals surface area contributed by atoms with Crippen LogP contribution in [0.4, 0.5) is 22.0 Å². The van der Waals surface area contributed by atoms with Crippen molar-refractivity contribution in [2.24, 2.45) is 4.99 Å². The highest BCUT2D eigenvalue weighted by Gasteiger charge is 2.48. The number of alkyl halides is 5. The number of halogens is 5. The lowest BCUT2D eigenvalue weighted by Gasteiger charge is -2.22. The van der Waals surface area contributed by atoms with E-state index in [2.05, 4.69) is 180 Å². The minimum absolute atomic E-state index is 0.0389. The van der Waals surface area contributed by atoms with Crippen LogP contribution in [0.25, 0.3) is 33.5 Å². The fourth-order valence-corrected chi connectivity index (χ4v) is 8.71. The first-order chi connectivity index (χ1) is 30.5. The molecule has 1 aromatic heterocycles. The first-order valence-electron chi connectivity index (χ1n) is 22.9. The van der Waals surface area contributed by atoms with Crippen LogP contribution in [0.1, 0.15) is 142 Å². The number of hydrogen-bond acceptors (Lipinski definition) is 3. The van der Waals surface area contributed by atoms with E-state index >= 15 is 0 Å². The van der Waals surface area contributed by atoms with Crippen molar-refractivity contribution in [3.63, 3.8) is 0 Å². The van der Waals surface area contributed by atoms with Crippen LogP contribution in [0, 0.1) is 0 Å². The van der Waals surface area contributed by atoms with Gasteiger partial charge in [0.05, 0.1) is 24.1 Å². The molecule has 0 amide bonds. The number of aliphatic imine (C=N–C) groups is 1. The molecule has 4 nitrogen and oxygen atoms in total. The Hall–Kier alpha value is -5.06. The average Bonchev–Trinajstić information content (AvgIpc) is 3.96. The van der Waals surface area contributed by atoms with Crippen LogP contribution in [0.15, 0.2) is 120 Å². The Kier molecular flexibility index (Phi) is 13.0. The molecule has 2 aliphatic rings. The van der Waals surface area contributed by atoms with E-state index in [9.17, 15) is 22.0 Å². The van der Waals surface area contributed by atoms with Gasteiger partial charge in [0.15, 0.2) is 0 Å². The lowest BCUT2D eigenvalue weighted by Crippen LogP contribution is -2.33. The third-order valence-corrected chi connectivity index (χ3v) is 12.7. The van der Waals surface area contributed by atoms with Gasteiger partial charge in [-0.15, -0.1) is 0 Å². The van der Waals surface area contributed by atoms with Gasteiger partial charge in [-0.1, -0.05) is 180 Å². The maximum absolute atomic E-state index is 15.0. The molecule has 0 radical (unpaired) electrons. The topological polar surface area (TPSA) is 35.8 Å². The summed E-state index contributed by atoms with van der Waals surface area (Å²) < 4.78 is 84.4. The molecule has 1 atom stereocenters. The minimum Gasteiger partial charge on any atom is -0.389 e. The van der Waals surface area contributed by atoms with E-state index in [-0.39, 0.29) is 28.3 Å². The van der Waals surface area contributed by atoms with Gasteiger partial charge in [0.1, 0.15) is 6.42 Å². The van der Waals surface area contributed by atoms with Gasteiger partial charge in [-0.2, -0.15) is 13.2 Å². The SMILES string of the molecule is C/C(=C1/N=C(c2ccc(C(C)(C)C)cc2)C=C1c1ccc(C(C)(C)C)cc1)c1c(-c2ccc(C(C)(C)C)cc2)cc(-c2ccc(C(C)(C)C)cc2)n1B1OCC(CC(F)(F)CC(F)(F)F)O1. The van der Waals surface area contributed by atoms with E-state index < -0.39 is 38.3 Å². The van der Waals surface area contributed by atoms with Crippen LogP contribution < -0.4 is 0 Å². The van der Waals surface area contributed by atoms with Crippen molar-refractivity contribution in [3.05, 3.63) is 154 Å². The van der Waals surface area contributed by atoms with E-state index in [4.69, 9.17) is 14.3 Å². The van der Waals surface area contributed by atoms with Crippen molar-refractivity contribution >= 4 is 24.1 Å². The standard InChI is InChI=1S/C56H64BF5N2O2/c1-35(49-45(36-14-22-40(23-15-36)51(2,3)4)30-47(63-49)38-18-26-42(27-19-38)53(8,9)10)50-46(37-16-24-41(25-17-37)52(5,6)7)31-48(39-20-28-43(29-21-39)54(11,12)13)64(50)57-65-33-44(66-57)32-55(58,59)34-56(60,61)62/h14-31,44H,32-34H2,1-13H3/b49-35-. The van der Waals surface area contributed by atoms with Crippen LogP contribution in [0.3, 0.4) is 0 Å². The Balaban J connectivity index is 1.49. The van der Waals surface area contributed by atoms with Crippen LogP contribution in [0.5, 0.6) is 0 Å². The fourth-order valence-electron chi connectivity index (χ4n) is 8.71. The molecule has 1 fully saturated rings. The van der Waals surface area contributed by atoms with Crippen LogP contribution in [-0.2, 0) is 31.0 Å². The van der Waals surface area contributed by atoms with E-state index in [1.165, 1.54) is 11.1 Å². The number of benzene rings is 4. The van der Waals surface area contributed by atoms with Crippen molar-refractivity contribution in [2.75, 3.05) is 6.61 Å². The molecule has 0 bridgehead atoms. The van der Waals surface area contributed by atoms with Crippen LogP contribution >= 0.6 is 0 Å². The molecule has 348 valence electrons. The molecule has 10 heteroatoms. The summed E-state index contributed by atoms with van der Waals surface area (Å²) in [5.41, 5.74) is 13.3. The summed E-state index contributed by atoms with van der Waals surface area (Å²) in [5, 5.41) is 0. The summed E-state index contributed by atoms with van der Waals surface area (Å²) >= 11 is 0. The zero-order valence-corrected chi connectivity index (χ0v) is 40.8. The maximum Gasteiger partial charge on any atom is 0.598 e. The summed E-state index contributed by atoms with van der Waals surface area (Å²) in [6, 6.07) is 35.8. The van der Waals surface area contributed by atoms with Gasteiger partial charge in [0.2, 0.25) is 0 Å². The highest BCUT2D eigenvalue weighted by atomic mass is 19.4. The van der Waals surface area contributed by atoms with Crippen LogP contribution in [-0.4, -0.2) is 42.3 Å². The van der Waals surface area contributed by atoms with Gasteiger partial charge in [0, 0.05) is 34.5 Å². The van der Waals surface area contributed by atoms with E-state index in [1.54, 1.807) is 0 Å². The first kappa shape index (κ1) is 48.9. The molecule has 2 aliphatic heterocycles. The Morgan fingerprint density at radius 3 is 1.47 bits per heavy atom. The number of aromatic nitrogens is 1. The molecule has 7 rings (SSSR count). The van der Waals surface area contributed by atoms with Crippen molar-refractivity contribution in [1.82, 2.24) is 4.48 Å². The average molecular weight is 903 g/mol. The zero-order valence-electron chi connectivity index (χ0n) is 40.8. The van der Waals surface area contributed by atoms with Crippen LogP contribution in [0.2, 0.25) is 0 Å². The summed E-state index contributed by atoms with van der Waals surface area (Å²) in [7, 11) is -1.25. The van der Waals surface area contributed by atoms with E-state index in [1.807, 2.05) is 23.5 Å². The molecular weight excluding hydrogens is 838 g/mol. The fraction of sp³-hybridized carbons (Fsp3) is 0.411. The van der Waals surface area contributed by atoms with Gasteiger partial charge in [-0.3, -0.25) is 0 Å². The predicted octanol–water partition coefficient (Wildman–Crippen LogP) is 15.6. The summed E-state index contributed by atoms with van der Waals surface area (Å²) in [6.07, 6.45) is -7.61. The number of hydrogen-bond donors (Lipinski definition) is 0. The largest absolute Gasteiger partial charge is 0.598 e.